The third kappa shape index (κ3) is 5.62. The van der Waals surface area contributed by atoms with Gasteiger partial charge in [0.2, 0.25) is 0 Å². The molecule has 0 spiro atoms. The molecule has 0 aliphatic carbocycles. The lowest BCUT2D eigenvalue weighted by Crippen LogP contribution is -2.22. The summed E-state index contributed by atoms with van der Waals surface area (Å²) in [6.07, 6.45) is 3.16. The molecule has 0 bridgehead atoms. The maximum absolute atomic E-state index is 13.2. The number of rotatable bonds is 7. The van der Waals surface area contributed by atoms with E-state index in [4.69, 9.17) is 4.74 Å². The van der Waals surface area contributed by atoms with Crippen LogP contribution in [0.15, 0.2) is 84.0 Å². The average Bonchev–Trinajstić information content (AvgIpc) is 2.80. The number of hydrogen-bond donors (Lipinski definition) is 0. The Balaban J connectivity index is 1.65. The topological polar surface area (TPSA) is 56.5 Å². The number of nitrogens with zero attached hydrogens (tertiary/aromatic N) is 3. The molecular formula is C25H20Br3N3O2. The first-order chi connectivity index (χ1) is 16.0. The number of aromatic nitrogens is 2. The second kappa shape index (κ2) is 10.8. The van der Waals surface area contributed by atoms with E-state index in [1.54, 1.807) is 12.3 Å². The predicted octanol–water partition coefficient (Wildman–Crippen LogP) is 7.10. The molecule has 0 saturated heterocycles. The maximum Gasteiger partial charge on any atom is 0.282 e. The summed E-state index contributed by atoms with van der Waals surface area (Å²) < 4.78 is 9.78. The first-order valence-corrected chi connectivity index (χ1v) is 12.8. The van der Waals surface area contributed by atoms with Crippen molar-refractivity contribution in [3.8, 4) is 5.75 Å². The van der Waals surface area contributed by atoms with E-state index in [1.807, 2.05) is 61.5 Å². The second-order valence-electron chi connectivity index (χ2n) is 7.39. The van der Waals surface area contributed by atoms with Crippen molar-refractivity contribution < 1.29 is 4.74 Å². The third-order valence-corrected chi connectivity index (χ3v) is 6.59. The predicted molar refractivity (Wildman–Crippen MR) is 143 cm³/mol. The summed E-state index contributed by atoms with van der Waals surface area (Å²) in [4.78, 5) is 17.8. The molecule has 0 radical (unpaired) electrons. The number of hydrogen-bond acceptors (Lipinski definition) is 4. The highest BCUT2D eigenvalue weighted by Crippen LogP contribution is 2.35. The van der Waals surface area contributed by atoms with Crippen LogP contribution in [0, 0.1) is 0 Å². The molecule has 1 aromatic heterocycles. The van der Waals surface area contributed by atoms with Gasteiger partial charge in [-0.25, -0.2) is 4.98 Å². The molecule has 0 aliphatic rings. The molecule has 5 nitrogen and oxygen atoms in total. The summed E-state index contributed by atoms with van der Waals surface area (Å²) in [5.74, 6) is 1.34. The van der Waals surface area contributed by atoms with Crippen LogP contribution >= 0.6 is 47.8 Å². The Kier molecular flexibility index (Phi) is 7.78. The van der Waals surface area contributed by atoms with E-state index < -0.39 is 0 Å². The first-order valence-electron chi connectivity index (χ1n) is 10.4. The molecule has 4 rings (SSSR count). The summed E-state index contributed by atoms with van der Waals surface area (Å²) >= 11 is 10.6. The van der Waals surface area contributed by atoms with Crippen LogP contribution in [0.5, 0.6) is 5.75 Å². The molecule has 0 saturated carbocycles. The maximum atomic E-state index is 13.2. The van der Waals surface area contributed by atoms with Gasteiger partial charge >= 0.3 is 0 Å². The monoisotopic (exact) mass is 631 g/mol. The van der Waals surface area contributed by atoms with E-state index in [0.717, 1.165) is 31.0 Å². The SMILES string of the molecule is CCCc1nc2ccc(Br)cc2c(=O)n1N=Cc1cc(Br)c(OCc2ccccc2)c(Br)c1. The number of aryl methyl sites for hydroxylation is 1. The molecule has 0 unspecified atom stereocenters. The lowest BCUT2D eigenvalue weighted by Gasteiger charge is -2.12. The van der Waals surface area contributed by atoms with Gasteiger partial charge in [0.1, 0.15) is 18.2 Å². The van der Waals surface area contributed by atoms with E-state index >= 15 is 0 Å². The van der Waals surface area contributed by atoms with Crippen LogP contribution in [0.1, 0.15) is 30.3 Å². The lowest BCUT2D eigenvalue weighted by atomic mass is 10.2. The molecule has 0 aliphatic heterocycles. The summed E-state index contributed by atoms with van der Waals surface area (Å²) in [6.45, 7) is 2.51. The van der Waals surface area contributed by atoms with Gasteiger partial charge in [0.25, 0.3) is 5.56 Å². The number of ether oxygens (including phenoxy) is 1. The van der Waals surface area contributed by atoms with E-state index in [-0.39, 0.29) is 5.56 Å². The van der Waals surface area contributed by atoms with E-state index in [9.17, 15) is 4.79 Å². The van der Waals surface area contributed by atoms with E-state index in [0.29, 0.717) is 35.5 Å². The lowest BCUT2D eigenvalue weighted by molar-refractivity contribution is 0.302. The Morgan fingerprint density at radius 2 is 1.76 bits per heavy atom. The Morgan fingerprint density at radius 3 is 2.45 bits per heavy atom. The van der Waals surface area contributed by atoms with E-state index in [2.05, 4.69) is 57.9 Å². The minimum Gasteiger partial charge on any atom is -0.487 e. The molecule has 168 valence electrons. The summed E-state index contributed by atoms with van der Waals surface area (Å²) in [5, 5.41) is 5.02. The quantitative estimate of drug-likeness (QED) is 0.204. The zero-order chi connectivity index (χ0) is 23.4. The highest BCUT2D eigenvalue weighted by Gasteiger charge is 2.12. The third-order valence-electron chi connectivity index (χ3n) is 4.92. The van der Waals surface area contributed by atoms with Crippen molar-refractivity contribution in [2.75, 3.05) is 0 Å². The molecule has 0 amide bonds. The number of benzene rings is 3. The standard InChI is InChI=1S/C25H20Br3N3O2/c1-2-6-23-30-22-10-9-18(26)13-19(22)25(32)31(23)29-14-17-11-20(27)24(21(28)12-17)33-15-16-7-4-3-5-8-16/h3-5,7-14H,2,6,15H2,1H3. The highest BCUT2D eigenvalue weighted by atomic mass is 79.9. The zero-order valence-corrected chi connectivity index (χ0v) is 22.5. The number of fused-ring (bicyclic) bond motifs is 1. The zero-order valence-electron chi connectivity index (χ0n) is 17.8. The smallest absolute Gasteiger partial charge is 0.282 e. The largest absolute Gasteiger partial charge is 0.487 e. The first kappa shape index (κ1) is 23.9. The molecule has 4 aromatic rings. The van der Waals surface area contributed by atoms with Crippen LogP contribution in [0.25, 0.3) is 10.9 Å². The van der Waals surface area contributed by atoms with Crippen molar-refractivity contribution in [1.29, 1.82) is 0 Å². The summed E-state index contributed by atoms with van der Waals surface area (Å²) in [6, 6.07) is 19.3. The van der Waals surface area contributed by atoms with Gasteiger partial charge in [-0.15, -0.1) is 0 Å². The highest BCUT2D eigenvalue weighted by molar-refractivity contribution is 9.11. The van der Waals surface area contributed by atoms with Gasteiger partial charge in [-0.2, -0.15) is 9.78 Å². The fraction of sp³-hybridized carbons (Fsp3) is 0.160. The molecule has 8 heteroatoms. The van der Waals surface area contributed by atoms with E-state index in [1.165, 1.54) is 4.68 Å². The van der Waals surface area contributed by atoms with Gasteiger partial charge in [0, 0.05) is 10.9 Å². The van der Waals surface area contributed by atoms with Crippen molar-refractivity contribution >= 4 is 64.9 Å². The van der Waals surface area contributed by atoms with Crippen molar-refractivity contribution in [1.82, 2.24) is 9.66 Å². The Morgan fingerprint density at radius 1 is 1.03 bits per heavy atom. The minimum absolute atomic E-state index is 0.193. The molecule has 0 N–H and O–H groups in total. The summed E-state index contributed by atoms with van der Waals surface area (Å²) in [5.41, 5.74) is 2.37. The van der Waals surface area contributed by atoms with Crippen molar-refractivity contribution in [3.63, 3.8) is 0 Å². The van der Waals surface area contributed by atoms with Crippen molar-refractivity contribution in [3.05, 3.63) is 101 Å². The average molecular weight is 634 g/mol. The van der Waals surface area contributed by atoms with Gasteiger partial charge < -0.3 is 4.74 Å². The number of halogens is 3. The van der Waals surface area contributed by atoms with Crippen LogP contribution in [-0.2, 0) is 13.0 Å². The van der Waals surface area contributed by atoms with Gasteiger partial charge in [0.05, 0.1) is 26.1 Å². The van der Waals surface area contributed by atoms with Gasteiger partial charge in [-0.05, 0) is 79.7 Å². The molecular weight excluding hydrogens is 614 g/mol. The molecule has 1 heterocycles. The molecule has 0 atom stereocenters. The van der Waals surface area contributed by atoms with Gasteiger partial charge in [-0.1, -0.05) is 53.2 Å². The van der Waals surface area contributed by atoms with Crippen molar-refractivity contribution in [2.24, 2.45) is 5.10 Å². The van der Waals surface area contributed by atoms with Gasteiger partial charge in [0.15, 0.2) is 0 Å². The van der Waals surface area contributed by atoms with Crippen LogP contribution in [-0.4, -0.2) is 15.9 Å². The van der Waals surface area contributed by atoms with Crippen LogP contribution < -0.4 is 10.3 Å². The Bertz CT molecular complexity index is 1360. The van der Waals surface area contributed by atoms with Crippen LogP contribution in [0.3, 0.4) is 0 Å². The van der Waals surface area contributed by atoms with Crippen LogP contribution in [0.2, 0.25) is 0 Å². The molecule has 3 aromatic carbocycles. The Labute approximate surface area is 216 Å². The fourth-order valence-corrected chi connectivity index (χ4v) is 5.16. The fourth-order valence-electron chi connectivity index (χ4n) is 3.35. The van der Waals surface area contributed by atoms with Gasteiger partial charge in [-0.3, -0.25) is 4.79 Å². The normalized spacial score (nSPS) is 11.4. The van der Waals surface area contributed by atoms with Crippen molar-refractivity contribution in [2.45, 2.75) is 26.4 Å². The summed E-state index contributed by atoms with van der Waals surface area (Å²) in [7, 11) is 0. The van der Waals surface area contributed by atoms with Crippen LogP contribution in [0.4, 0.5) is 0 Å². The molecule has 0 fully saturated rings. The minimum atomic E-state index is -0.193. The molecule has 33 heavy (non-hydrogen) atoms. The Hall–Kier alpha value is -2.29. The second-order valence-corrected chi connectivity index (χ2v) is 10.0.